The standard InChI is InChI=1S/C9H8N2O3S2/c1-14-3-5-7(9(12)13)16-8(11-5)6-2-10-4-15-6/h2,4H,3H2,1H3,(H,12,13). The van der Waals surface area contributed by atoms with Crippen molar-refractivity contribution in [3.05, 3.63) is 22.3 Å². The SMILES string of the molecule is COCc1nc(-c2cncs2)sc1C(=O)O. The molecule has 0 fully saturated rings. The minimum atomic E-state index is -0.972. The molecule has 0 saturated carbocycles. The van der Waals surface area contributed by atoms with E-state index in [-0.39, 0.29) is 11.5 Å². The molecule has 2 aromatic rings. The maximum absolute atomic E-state index is 11.0. The molecule has 2 rings (SSSR count). The van der Waals surface area contributed by atoms with Crippen LogP contribution in [0, 0.1) is 0 Å². The summed E-state index contributed by atoms with van der Waals surface area (Å²) < 4.78 is 4.92. The van der Waals surface area contributed by atoms with E-state index in [0.717, 1.165) is 16.2 Å². The Morgan fingerprint density at radius 2 is 2.44 bits per heavy atom. The summed E-state index contributed by atoms with van der Waals surface area (Å²) in [5.74, 6) is -0.972. The van der Waals surface area contributed by atoms with Crippen molar-refractivity contribution >= 4 is 28.6 Å². The number of thiazole rings is 2. The molecule has 0 unspecified atom stereocenters. The molecule has 0 radical (unpaired) electrons. The van der Waals surface area contributed by atoms with Crippen LogP contribution in [0.15, 0.2) is 11.7 Å². The third-order valence-electron chi connectivity index (χ3n) is 1.82. The number of methoxy groups -OCH3 is 1. The van der Waals surface area contributed by atoms with Crippen LogP contribution >= 0.6 is 22.7 Å². The molecule has 16 heavy (non-hydrogen) atoms. The summed E-state index contributed by atoms with van der Waals surface area (Å²) in [6.07, 6.45) is 1.67. The first kappa shape index (κ1) is 11.2. The van der Waals surface area contributed by atoms with E-state index in [1.54, 1.807) is 11.7 Å². The third-order valence-corrected chi connectivity index (χ3v) is 3.84. The monoisotopic (exact) mass is 256 g/mol. The zero-order valence-corrected chi connectivity index (χ0v) is 9.97. The second-order valence-corrected chi connectivity index (χ2v) is 4.78. The van der Waals surface area contributed by atoms with Gasteiger partial charge in [-0.25, -0.2) is 9.78 Å². The molecule has 0 aliphatic rings. The lowest BCUT2D eigenvalue weighted by Crippen LogP contribution is -1.99. The van der Waals surface area contributed by atoms with Gasteiger partial charge in [-0.05, 0) is 0 Å². The number of carboxylic acids is 1. The first-order chi connectivity index (χ1) is 7.72. The summed E-state index contributed by atoms with van der Waals surface area (Å²) >= 11 is 2.58. The number of carboxylic acid groups (broad SMARTS) is 1. The minimum absolute atomic E-state index is 0.205. The quantitative estimate of drug-likeness (QED) is 0.907. The van der Waals surface area contributed by atoms with Crippen molar-refractivity contribution in [2.24, 2.45) is 0 Å². The van der Waals surface area contributed by atoms with Crippen LogP contribution in [0.25, 0.3) is 9.88 Å². The van der Waals surface area contributed by atoms with Gasteiger partial charge >= 0.3 is 5.97 Å². The van der Waals surface area contributed by atoms with Crippen LogP contribution in [0.2, 0.25) is 0 Å². The van der Waals surface area contributed by atoms with E-state index in [9.17, 15) is 4.79 Å². The van der Waals surface area contributed by atoms with Gasteiger partial charge in [0.05, 0.1) is 22.7 Å². The second-order valence-electron chi connectivity index (χ2n) is 2.90. The van der Waals surface area contributed by atoms with Gasteiger partial charge in [-0.3, -0.25) is 4.98 Å². The Balaban J connectivity index is 2.42. The number of rotatable bonds is 4. The maximum atomic E-state index is 11.0. The fourth-order valence-corrected chi connectivity index (χ4v) is 2.77. The zero-order valence-electron chi connectivity index (χ0n) is 8.34. The highest BCUT2D eigenvalue weighted by molar-refractivity contribution is 7.21. The summed E-state index contributed by atoms with van der Waals surface area (Å²) in [6, 6.07) is 0. The van der Waals surface area contributed by atoms with Crippen LogP contribution in [0.4, 0.5) is 0 Å². The summed E-state index contributed by atoms with van der Waals surface area (Å²) in [5.41, 5.74) is 2.15. The average Bonchev–Trinajstić information content (AvgIpc) is 2.83. The Morgan fingerprint density at radius 1 is 1.62 bits per heavy atom. The Bertz CT molecular complexity index is 493. The van der Waals surface area contributed by atoms with Gasteiger partial charge in [-0.1, -0.05) is 0 Å². The van der Waals surface area contributed by atoms with Gasteiger partial charge in [0.15, 0.2) is 0 Å². The third kappa shape index (κ3) is 2.11. The molecule has 0 spiro atoms. The molecule has 7 heteroatoms. The highest BCUT2D eigenvalue weighted by Crippen LogP contribution is 2.30. The van der Waals surface area contributed by atoms with E-state index in [1.165, 1.54) is 18.4 Å². The average molecular weight is 256 g/mol. The fraction of sp³-hybridized carbons (Fsp3) is 0.222. The van der Waals surface area contributed by atoms with Gasteiger partial charge < -0.3 is 9.84 Å². The van der Waals surface area contributed by atoms with E-state index in [4.69, 9.17) is 9.84 Å². The van der Waals surface area contributed by atoms with Gasteiger partial charge in [0, 0.05) is 13.3 Å². The van der Waals surface area contributed by atoms with Gasteiger partial charge in [0.1, 0.15) is 9.88 Å². The molecule has 0 aliphatic carbocycles. The molecule has 0 amide bonds. The number of aromatic carboxylic acids is 1. The molecule has 0 atom stereocenters. The first-order valence-electron chi connectivity index (χ1n) is 4.33. The van der Waals surface area contributed by atoms with Crippen LogP contribution in [-0.2, 0) is 11.3 Å². The highest BCUT2D eigenvalue weighted by atomic mass is 32.1. The number of hydrogen-bond donors (Lipinski definition) is 1. The van der Waals surface area contributed by atoms with Crippen LogP contribution in [0.1, 0.15) is 15.4 Å². The summed E-state index contributed by atoms with van der Waals surface area (Å²) in [5, 5.41) is 9.68. The number of aromatic nitrogens is 2. The number of ether oxygens (including phenoxy) is 1. The Hall–Kier alpha value is -1.31. The molecule has 0 aliphatic heterocycles. The van der Waals surface area contributed by atoms with E-state index in [1.807, 2.05) is 0 Å². The second kappa shape index (κ2) is 4.69. The normalized spacial score (nSPS) is 10.6. The van der Waals surface area contributed by atoms with Gasteiger partial charge in [-0.15, -0.1) is 22.7 Å². The lowest BCUT2D eigenvalue weighted by molar-refractivity contribution is 0.0697. The predicted molar refractivity (Wildman–Crippen MR) is 60.9 cm³/mol. The summed E-state index contributed by atoms with van der Waals surface area (Å²) in [4.78, 5) is 20.3. The van der Waals surface area contributed by atoms with Crippen molar-refractivity contribution in [2.75, 3.05) is 7.11 Å². The van der Waals surface area contributed by atoms with Gasteiger partial charge in [0.25, 0.3) is 0 Å². The molecule has 0 saturated heterocycles. The van der Waals surface area contributed by atoms with E-state index >= 15 is 0 Å². The van der Waals surface area contributed by atoms with E-state index < -0.39 is 5.97 Å². The smallest absolute Gasteiger partial charge is 0.347 e. The lowest BCUT2D eigenvalue weighted by Gasteiger charge is -1.94. The van der Waals surface area contributed by atoms with Crippen LogP contribution < -0.4 is 0 Å². The van der Waals surface area contributed by atoms with Crippen LogP contribution in [0.5, 0.6) is 0 Å². The lowest BCUT2D eigenvalue weighted by atomic mass is 10.4. The molecular formula is C9H8N2O3S2. The Kier molecular flexibility index (Phi) is 3.28. The van der Waals surface area contributed by atoms with Crippen molar-refractivity contribution in [3.63, 3.8) is 0 Å². The van der Waals surface area contributed by atoms with Gasteiger partial charge in [-0.2, -0.15) is 0 Å². The van der Waals surface area contributed by atoms with Crippen LogP contribution in [0.3, 0.4) is 0 Å². The van der Waals surface area contributed by atoms with Gasteiger partial charge in [0.2, 0.25) is 0 Å². The van der Waals surface area contributed by atoms with E-state index in [0.29, 0.717) is 10.7 Å². The largest absolute Gasteiger partial charge is 0.477 e. The first-order valence-corrected chi connectivity index (χ1v) is 6.02. The van der Waals surface area contributed by atoms with E-state index in [2.05, 4.69) is 9.97 Å². The highest BCUT2D eigenvalue weighted by Gasteiger charge is 2.18. The summed E-state index contributed by atoms with van der Waals surface area (Å²) in [6.45, 7) is 0.205. The molecule has 5 nitrogen and oxygen atoms in total. The number of hydrogen-bond acceptors (Lipinski definition) is 6. The predicted octanol–water partition coefficient (Wildman–Crippen LogP) is 2.11. The van der Waals surface area contributed by atoms with Crippen molar-refractivity contribution in [1.82, 2.24) is 9.97 Å². The molecule has 2 heterocycles. The molecule has 0 bridgehead atoms. The Labute approximate surface area is 99.4 Å². The molecule has 84 valence electrons. The molecular weight excluding hydrogens is 248 g/mol. The fourth-order valence-electron chi connectivity index (χ4n) is 1.18. The van der Waals surface area contributed by atoms with Crippen molar-refractivity contribution in [2.45, 2.75) is 6.61 Å². The zero-order chi connectivity index (χ0) is 11.5. The summed E-state index contributed by atoms with van der Waals surface area (Å²) in [7, 11) is 1.51. The maximum Gasteiger partial charge on any atom is 0.347 e. The van der Waals surface area contributed by atoms with Crippen molar-refractivity contribution in [1.29, 1.82) is 0 Å². The van der Waals surface area contributed by atoms with Crippen molar-refractivity contribution in [3.8, 4) is 9.88 Å². The van der Waals surface area contributed by atoms with Crippen LogP contribution in [-0.4, -0.2) is 28.2 Å². The molecule has 1 N–H and O–H groups in total. The number of carbonyl (C=O) groups is 1. The number of nitrogens with zero attached hydrogens (tertiary/aromatic N) is 2. The Morgan fingerprint density at radius 3 is 3.00 bits per heavy atom. The minimum Gasteiger partial charge on any atom is -0.477 e. The molecule has 0 aromatic carbocycles. The topological polar surface area (TPSA) is 72.3 Å². The molecule has 2 aromatic heterocycles. The van der Waals surface area contributed by atoms with Crippen molar-refractivity contribution < 1.29 is 14.6 Å².